The van der Waals surface area contributed by atoms with Crippen molar-refractivity contribution in [1.29, 1.82) is 0 Å². The molecule has 2 nitrogen and oxygen atoms in total. The minimum atomic E-state index is 0.126. The van der Waals surface area contributed by atoms with Crippen molar-refractivity contribution in [3.05, 3.63) is 162 Å². The van der Waals surface area contributed by atoms with Crippen LogP contribution in [0, 0.1) is 23.2 Å². The zero-order chi connectivity index (χ0) is 38.5. The molecule has 4 bridgehead atoms. The minimum Gasteiger partial charge on any atom is -0.314 e. The minimum absolute atomic E-state index is 0.126. The van der Waals surface area contributed by atoms with Crippen LogP contribution >= 0.6 is 0 Å². The Morgan fingerprint density at radius 3 is 1.94 bits per heavy atom. The lowest BCUT2D eigenvalue weighted by Gasteiger charge is -2.36. The van der Waals surface area contributed by atoms with Crippen LogP contribution in [0.5, 0.6) is 0 Å². The Hall–Kier alpha value is -4.56. The van der Waals surface area contributed by atoms with E-state index in [1.54, 1.807) is 5.57 Å². The van der Waals surface area contributed by atoms with Crippen molar-refractivity contribution < 1.29 is 0 Å². The lowest BCUT2D eigenvalue weighted by atomic mass is 9.75. The van der Waals surface area contributed by atoms with Crippen LogP contribution in [0.15, 0.2) is 156 Å². The first-order valence-electron chi connectivity index (χ1n) is 20.8. The van der Waals surface area contributed by atoms with E-state index in [1.807, 2.05) is 13.8 Å². The van der Waals surface area contributed by atoms with Crippen LogP contribution in [0.2, 0.25) is 0 Å². The van der Waals surface area contributed by atoms with E-state index in [-0.39, 0.29) is 10.8 Å². The molecule has 0 saturated heterocycles. The molecule has 3 unspecified atom stereocenters. The molecular formula is C52H64N2. The van der Waals surface area contributed by atoms with E-state index < -0.39 is 0 Å². The van der Waals surface area contributed by atoms with Gasteiger partial charge in [0.25, 0.3) is 0 Å². The maximum absolute atomic E-state index is 2.48. The van der Waals surface area contributed by atoms with Gasteiger partial charge in [-0.3, -0.25) is 0 Å². The maximum atomic E-state index is 2.48. The largest absolute Gasteiger partial charge is 0.314 e. The normalized spacial score (nSPS) is 21.8. The number of rotatable bonds is 9. The first-order chi connectivity index (χ1) is 26.0. The summed E-state index contributed by atoms with van der Waals surface area (Å²) < 4.78 is 0. The molecule has 2 aliphatic heterocycles. The number of benzene rings is 3. The molecule has 5 aliphatic rings. The van der Waals surface area contributed by atoms with Crippen LogP contribution < -0.4 is 9.80 Å². The molecule has 8 rings (SSSR count). The van der Waals surface area contributed by atoms with Crippen molar-refractivity contribution in [1.82, 2.24) is 0 Å². The molecule has 2 heterocycles. The van der Waals surface area contributed by atoms with Gasteiger partial charge in [-0.05, 0) is 120 Å². The third kappa shape index (κ3) is 8.70. The molecule has 0 radical (unpaired) electrons. The average molecular weight is 717 g/mol. The lowest BCUT2D eigenvalue weighted by Crippen LogP contribution is -2.26. The molecule has 3 aliphatic carbocycles. The summed E-state index contributed by atoms with van der Waals surface area (Å²) in [5.41, 5.74) is 13.2. The number of anilines is 3. The van der Waals surface area contributed by atoms with Gasteiger partial charge in [-0.2, -0.15) is 0 Å². The third-order valence-electron chi connectivity index (χ3n) is 11.7. The molecule has 0 saturated carbocycles. The van der Waals surface area contributed by atoms with Gasteiger partial charge < -0.3 is 9.80 Å². The summed E-state index contributed by atoms with van der Waals surface area (Å²) in [5.74, 6) is 1.49. The number of hydrogen-bond acceptors (Lipinski definition) is 2. The average Bonchev–Trinajstić information content (AvgIpc) is 3.17. The van der Waals surface area contributed by atoms with Gasteiger partial charge in [0.05, 0.1) is 0 Å². The summed E-state index contributed by atoms with van der Waals surface area (Å²) in [6.45, 7) is 20.4. The molecular weight excluding hydrogens is 653 g/mol. The molecule has 3 aromatic rings. The zero-order valence-corrected chi connectivity index (χ0v) is 34.6. The Labute approximate surface area is 328 Å². The van der Waals surface area contributed by atoms with Crippen LogP contribution in [0.25, 0.3) is 11.1 Å². The fraction of sp³-hybridized carbons (Fsp3) is 0.385. The van der Waals surface area contributed by atoms with E-state index >= 15 is 0 Å². The molecule has 0 N–H and O–H groups in total. The van der Waals surface area contributed by atoms with Crippen molar-refractivity contribution in [2.45, 2.75) is 106 Å². The van der Waals surface area contributed by atoms with E-state index in [0.29, 0.717) is 17.8 Å². The summed E-state index contributed by atoms with van der Waals surface area (Å²) in [6, 6.07) is 27.6. The molecule has 0 amide bonds. The van der Waals surface area contributed by atoms with Crippen LogP contribution in [-0.4, -0.2) is 0 Å². The SMILES string of the molecule is CC.CCCC=CC(C)(C)C1C=CC(N(C2=CCC(C)C=C2)c2ccc(-c3ccc(N4C5=CC(C)C=C(C5)CC(C)(C)c5ccc4cc5)cc3)cc2)=CC1. The number of hydrogen-bond donors (Lipinski definition) is 0. The second-order valence-corrected chi connectivity index (χ2v) is 16.9. The number of nitrogens with zero attached hydrogens (tertiary/aromatic N) is 2. The van der Waals surface area contributed by atoms with Gasteiger partial charge in [0.1, 0.15) is 0 Å². The van der Waals surface area contributed by atoms with Crippen LogP contribution in [-0.2, 0) is 5.41 Å². The topological polar surface area (TPSA) is 6.48 Å². The molecule has 3 atom stereocenters. The van der Waals surface area contributed by atoms with Gasteiger partial charge in [0.2, 0.25) is 0 Å². The van der Waals surface area contributed by atoms with Gasteiger partial charge in [-0.25, -0.2) is 0 Å². The highest BCUT2D eigenvalue weighted by atomic mass is 15.2. The quantitative estimate of drug-likeness (QED) is 0.203. The van der Waals surface area contributed by atoms with E-state index in [0.717, 1.165) is 32.1 Å². The highest BCUT2D eigenvalue weighted by Crippen LogP contribution is 2.43. The highest BCUT2D eigenvalue weighted by Gasteiger charge is 2.30. The molecule has 0 aromatic heterocycles. The maximum Gasteiger partial charge on any atom is 0.0461 e. The van der Waals surface area contributed by atoms with Gasteiger partial charge in [-0.1, -0.05) is 159 Å². The summed E-state index contributed by atoms with van der Waals surface area (Å²) in [7, 11) is 0. The van der Waals surface area contributed by atoms with Crippen molar-refractivity contribution in [2.24, 2.45) is 23.2 Å². The molecule has 282 valence electrons. The van der Waals surface area contributed by atoms with Crippen LogP contribution in [0.4, 0.5) is 17.1 Å². The standard InChI is InChI=1S/C50H58N2.C2H6/c1-8-9-10-31-49(4,5)41-17-27-46(28-18-41)51(43-21-11-36(2)12-22-43)44-23-13-39(14-24-44)40-15-25-45(26-16-40)52-47-29-19-42(20-30-47)50(6,7)35-38-32-37(3)33-48(52)34-38;1-2/h10-11,13-17,19-33,36-37,41H,8-9,12,18,34-35H2,1-7H3;1-2H3. The Morgan fingerprint density at radius 2 is 1.37 bits per heavy atom. The Morgan fingerprint density at radius 1 is 0.778 bits per heavy atom. The van der Waals surface area contributed by atoms with E-state index in [2.05, 4.69) is 192 Å². The number of fused-ring (bicyclic) bond motifs is 3. The Bertz CT molecular complexity index is 1950. The lowest BCUT2D eigenvalue weighted by molar-refractivity contribution is 0.342. The molecule has 0 spiro atoms. The third-order valence-corrected chi connectivity index (χ3v) is 11.7. The zero-order valence-electron chi connectivity index (χ0n) is 34.6. The van der Waals surface area contributed by atoms with Gasteiger partial charge >= 0.3 is 0 Å². The van der Waals surface area contributed by atoms with Gasteiger partial charge in [0.15, 0.2) is 0 Å². The molecule has 0 fully saturated rings. The van der Waals surface area contributed by atoms with Crippen molar-refractivity contribution in [2.75, 3.05) is 9.80 Å². The number of allylic oxidation sites excluding steroid dienone is 11. The van der Waals surface area contributed by atoms with E-state index in [9.17, 15) is 0 Å². The van der Waals surface area contributed by atoms with Crippen molar-refractivity contribution in [3.63, 3.8) is 0 Å². The van der Waals surface area contributed by atoms with Crippen molar-refractivity contribution in [3.8, 4) is 11.1 Å². The fourth-order valence-corrected chi connectivity index (χ4v) is 8.50. The molecule has 3 aromatic carbocycles. The molecule has 2 heteroatoms. The van der Waals surface area contributed by atoms with E-state index in [4.69, 9.17) is 0 Å². The fourth-order valence-electron chi connectivity index (χ4n) is 8.50. The summed E-state index contributed by atoms with van der Waals surface area (Å²) in [6.07, 6.45) is 30.6. The summed E-state index contributed by atoms with van der Waals surface area (Å²) >= 11 is 0. The number of unbranched alkanes of at least 4 members (excludes halogenated alkanes) is 1. The molecule has 54 heavy (non-hydrogen) atoms. The van der Waals surface area contributed by atoms with Gasteiger partial charge in [-0.15, -0.1) is 0 Å². The second-order valence-electron chi connectivity index (χ2n) is 16.9. The van der Waals surface area contributed by atoms with E-state index in [1.165, 1.54) is 57.3 Å². The predicted octanol–water partition coefficient (Wildman–Crippen LogP) is 15.2. The predicted molar refractivity (Wildman–Crippen MR) is 236 cm³/mol. The first kappa shape index (κ1) is 39.1. The first-order valence-corrected chi connectivity index (χ1v) is 20.8. The Kier molecular flexibility index (Phi) is 12.2. The summed E-state index contributed by atoms with van der Waals surface area (Å²) in [5, 5.41) is 0. The highest BCUT2D eigenvalue weighted by molar-refractivity contribution is 5.75. The smallest absolute Gasteiger partial charge is 0.0461 e. The monoisotopic (exact) mass is 717 g/mol. The van der Waals surface area contributed by atoms with Gasteiger partial charge in [0, 0.05) is 40.6 Å². The van der Waals surface area contributed by atoms with Crippen LogP contribution in [0.1, 0.15) is 106 Å². The second kappa shape index (κ2) is 16.8. The van der Waals surface area contributed by atoms with Crippen LogP contribution in [0.3, 0.4) is 0 Å². The Balaban J connectivity index is 0.00000245. The van der Waals surface area contributed by atoms with Crippen molar-refractivity contribution >= 4 is 17.1 Å². The summed E-state index contributed by atoms with van der Waals surface area (Å²) in [4.78, 5) is 4.92.